The molecule has 2 rings (SSSR count). The van der Waals surface area contributed by atoms with Crippen molar-refractivity contribution in [3.8, 4) is 0 Å². The summed E-state index contributed by atoms with van der Waals surface area (Å²) < 4.78 is 62.0. The monoisotopic (exact) mass is 367 g/mol. The zero-order valence-electron chi connectivity index (χ0n) is 12.0. The Labute approximate surface area is 136 Å². The molecule has 0 aromatic heterocycles. The second-order valence-electron chi connectivity index (χ2n) is 5.29. The number of hydrogen-bond acceptors (Lipinski definition) is 4. The number of carbonyl (C=O) groups excluding carboxylic acids is 1. The number of carbonyl (C=O) groups is 1. The molecule has 1 aliphatic heterocycles. The van der Waals surface area contributed by atoms with Crippen molar-refractivity contribution in [2.24, 2.45) is 0 Å². The molecule has 0 bridgehead atoms. The molecule has 1 amide bonds. The molecule has 1 aromatic rings. The number of amides is 1. The molecule has 1 saturated heterocycles. The van der Waals surface area contributed by atoms with Crippen molar-refractivity contribution in [3.63, 3.8) is 0 Å². The van der Waals surface area contributed by atoms with Crippen LogP contribution < -0.4 is 5.32 Å². The normalized spacial score (nSPS) is 21.8. The maximum Gasteiger partial charge on any atom is 0.412 e. The Bertz CT molecular complexity index is 647. The van der Waals surface area contributed by atoms with Gasteiger partial charge < -0.3 is 5.32 Å². The fraction of sp³-hybridized carbons (Fsp3) is 0.500. The average molecular weight is 367 g/mol. The standard InChI is InChI=1S/C14H16F3NO3S2/c15-14(16,17)13(10-4-2-1-3-5-10)18-12(19)8-22-11-6-7-23(20,21)9-11/h1-5,11,13H,6-9H2,(H,18,19). The van der Waals surface area contributed by atoms with Gasteiger partial charge in [0.1, 0.15) is 0 Å². The minimum Gasteiger partial charge on any atom is -0.340 e. The van der Waals surface area contributed by atoms with Crippen LogP contribution in [0.2, 0.25) is 0 Å². The maximum atomic E-state index is 13.1. The van der Waals surface area contributed by atoms with E-state index in [9.17, 15) is 26.4 Å². The molecule has 2 unspecified atom stereocenters. The number of thioether (sulfide) groups is 1. The molecule has 1 aromatic carbocycles. The molecular formula is C14H16F3NO3S2. The lowest BCUT2D eigenvalue weighted by atomic mass is 10.1. The van der Waals surface area contributed by atoms with Crippen molar-refractivity contribution in [1.82, 2.24) is 5.32 Å². The van der Waals surface area contributed by atoms with Gasteiger partial charge in [-0.25, -0.2) is 8.42 Å². The summed E-state index contributed by atoms with van der Waals surface area (Å²) in [7, 11) is -3.07. The third-order valence-corrected chi connectivity index (χ3v) is 6.69. The van der Waals surface area contributed by atoms with E-state index in [2.05, 4.69) is 0 Å². The summed E-state index contributed by atoms with van der Waals surface area (Å²) in [5.41, 5.74) is -0.0400. The van der Waals surface area contributed by atoms with Gasteiger partial charge in [-0.1, -0.05) is 30.3 Å². The lowest BCUT2D eigenvalue weighted by molar-refractivity contribution is -0.162. The molecule has 9 heteroatoms. The molecule has 1 aliphatic rings. The molecule has 128 valence electrons. The van der Waals surface area contributed by atoms with Crippen molar-refractivity contribution in [3.05, 3.63) is 35.9 Å². The topological polar surface area (TPSA) is 63.2 Å². The highest BCUT2D eigenvalue weighted by Crippen LogP contribution is 2.33. The van der Waals surface area contributed by atoms with Crippen LogP contribution in [0.3, 0.4) is 0 Å². The van der Waals surface area contributed by atoms with Gasteiger partial charge in [0, 0.05) is 5.25 Å². The largest absolute Gasteiger partial charge is 0.412 e. The Balaban J connectivity index is 1.94. The maximum absolute atomic E-state index is 13.1. The average Bonchev–Trinajstić information content (AvgIpc) is 2.82. The highest BCUT2D eigenvalue weighted by molar-refractivity contribution is 8.02. The summed E-state index contributed by atoms with van der Waals surface area (Å²) in [5.74, 6) is -0.904. The smallest absolute Gasteiger partial charge is 0.340 e. The van der Waals surface area contributed by atoms with Crippen LogP contribution in [-0.2, 0) is 14.6 Å². The zero-order valence-corrected chi connectivity index (χ0v) is 13.7. The fourth-order valence-corrected chi connectivity index (χ4v) is 5.74. The van der Waals surface area contributed by atoms with Gasteiger partial charge in [-0.2, -0.15) is 13.2 Å². The zero-order chi connectivity index (χ0) is 17.1. The van der Waals surface area contributed by atoms with Crippen LogP contribution in [0.4, 0.5) is 13.2 Å². The van der Waals surface area contributed by atoms with Gasteiger partial charge in [-0.15, -0.1) is 11.8 Å². The first-order valence-electron chi connectivity index (χ1n) is 6.90. The van der Waals surface area contributed by atoms with E-state index in [-0.39, 0.29) is 28.1 Å². The minimum atomic E-state index is -4.60. The minimum absolute atomic E-state index is 0.0215. The Morgan fingerprint density at radius 1 is 1.30 bits per heavy atom. The molecule has 2 atom stereocenters. The number of alkyl halides is 3. The summed E-state index contributed by atoms with van der Waals surface area (Å²) in [5, 5.41) is 1.75. The Morgan fingerprint density at radius 3 is 2.48 bits per heavy atom. The molecular weight excluding hydrogens is 351 g/mol. The van der Waals surface area contributed by atoms with E-state index in [1.807, 2.05) is 5.32 Å². The molecule has 0 saturated carbocycles. The second kappa shape index (κ2) is 7.12. The van der Waals surface area contributed by atoms with Crippen LogP contribution in [0, 0.1) is 0 Å². The quantitative estimate of drug-likeness (QED) is 0.868. The number of nitrogens with one attached hydrogen (secondary N) is 1. The molecule has 1 N–H and O–H groups in total. The van der Waals surface area contributed by atoms with Gasteiger partial charge in [0.15, 0.2) is 15.9 Å². The van der Waals surface area contributed by atoms with Crippen LogP contribution >= 0.6 is 11.8 Å². The molecule has 0 spiro atoms. The van der Waals surface area contributed by atoms with Gasteiger partial charge in [0.05, 0.1) is 17.3 Å². The molecule has 1 heterocycles. The highest BCUT2D eigenvalue weighted by Gasteiger charge is 2.41. The fourth-order valence-electron chi connectivity index (χ4n) is 2.29. The first-order valence-corrected chi connectivity index (χ1v) is 9.77. The third kappa shape index (κ3) is 5.42. The van der Waals surface area contributed by atoms with Gasteiger partial charge in [0.2, 0.25) is 5.91 Å². The van der Waals surface area contributed by atoms with Crippen LogP contribution in [0.5, 0.6) is 0 Å². The molecule has 23 heavy (non-hydrogen) atoms. The van der Waals surface area contributed by atoms with Crippen LogP contribution in [0.25, 0.3) is 0 Å². The van der Waals surface area contributed by atoms with E-state index in [4.69, 9.17) is 0 Å². The van der Waals surface area contributed by atoms with E-state index in [1.54, 1.807) is 6.07 Å². The number of halogens is 3. The number of benzene rings is 1. The van der Waals surface area contributed by atoms with E-state index in [1.165, 1.54) is 24.3 Å². The molecule has 4 nitrogen and oxygen atoms in total. The first-order chi connectivity index (χ1) is 10.7. The van der Waals surface area contributed by atoms with E-state index < -0.39 is 28.0 Å². The Hall–Kier alpha value is -1.22. The third-order valence-electron chi connectivity index (χ3n) is 3.41. The van der Waals surface area contributed by atoms with Crippen molar-refractivity contribution in [1.29, 1.82) is 0 Å². The lowest BCUT2D eigenvalue weighted by Gasteiger charge is -2.22. The van der Waals surface area contributed by atoms with Crippen molar-refractivity contribution in [2.75, 3.05) is 17.3 Å². The lowest BCUT2D eigenvalue weighted by Crippen LogP contribution is -2.39. The number of rotatable bonds is 5. The van der Waals surface area contributed by atoms with Crippen LogP contribution in [0.1, 0.15) is 18.0 Å². The Morgan fingerprint density at radius 2 is 1.96 bits per heavy atom. The molecule has 0 radical (unpaired) electrons. The predicted octanol–water partition coefficient (Wildman–Crippen LogP) is 2.33. The van der Waals surface area contributed by atoms with Crippen molar-refractivity contribution < 1.29 is 26.4 Å². The summed E-state index contributed by atoms with van der Waals surface area (Å²) in [6, 6.07) is 5.07. The van der Waals surface area contributed by atoms with Crippen LogP contribution in [-0.4, -0.2) is 43.0 Å². The second-order valence-corrected chi connectivity index (χ2v) is 8.81. The van der Waals surface area contributed by atoms with Gasteiger partial charge >= 0.3 is 6.18 Å². The van der Waals surface area contributed by atoms with Gasteiger partial charge in [-0.3, -0.25) is 4.79 Å². The van der Waals surface area contributed by atoms with E-state index in [0.29, 0.717) is 6.42 Å². The molecule has 1 fully saturated rings. The summed E-state index contributed by atoms with van der Waals surface area (Å²) in [6.45, 7) is 0. The number of hydrogen-bond donors (Lipinski definition) is 1. The summed E-state index contributed by atoms with van der Waals surface area (Å²) in [4.78, 5) is 11.8. The number of sulfone groups is 1. The summed E-state index contributed by atoms with van der Waals surface area (Å²) >= 11 is 1.08. The van der Waals surface area contributed by atoms with Crippen LogP contribution in [0.15, 0.2) is 30.3 Å². The Kier molecular flexibility index (Phi) is 5.61. The van der Waals surface area contributed by atoms with E-state index in [0.717, 1.165) is 11.8 Å². The molecule has 0 aliphatic carbocycles. The van der Waals surface area contributed by atoms with E-state index >= 15 is 0 Å². The van der Waals surface area contributed by atoms with Gasteiger partial charge in [0.25, 0.3) is 0 Å². The van der Waals surface area contributed by atoms with Gasteiger partial charge in [-0.05, 0) is 12.0 Å². The SMILES string of the molecule is O=C(CSC1CCS(=O)(=O)C1)NC(c1ccccc1)C(F)(F)F. The highest BCUT2D eigenvalue weighted by atomic mass is 32.2. The van der Waals surface area contributed by atoms with Crippen molar-refractivity contribution in [2.45, 2.75) is 23.9 Å². The summed E-state index contributed by atoms with van der Waals surface area (Å²) in [6.07, 6.45) is -4.17. The predicted molar refractivity (Wildman–Crippen MR) is 82.9 cm³/mol. The first kappa shape index (κ1) is 18.1. The van der Waals surface area contributed by atoms with Crippen molar-refractivity contribution >= 4 is 27.5 Å².